The van der Waals surface area contributed by atoms with Gasteiger partial charge in [-0.15, -0.1) is 20.4 Å². The Morgan fingerprint density at radius 1 is 0.792 bits per heavy atom. The molecule has 8 nitrogen and oxygen atoms in total. The summed E-state index contributed by atoms with van der Waals surface area (Å²) in [6.45, 7) is 3.53. The van der Waals surface area contributed by atoms with Crippen LogP contribution in [0.25, 0.3) is 0 Å². The molecule has 126 valence electrons. The number of rotatable bonds is 6. The summed E-state index contributed by atoms with van der Waals surface area (Å²) in [5, 5.41) is 15.8. The summed E-state index contributed by atoms with van der Waals surface area (Å²) in [4.78, 5) is 0. The van der Waals surface area contributed by atoms with Crippen molar-refractivity contribution in [3.63, 3.8) is 0 Å². The van der Waals surface area contributed by atoms with Gasteiger partial charge in [0.1, 0.15) is 11.5 Å². The number of aromatic nitrogens is 4. The summed E-state index contributed by atoms with van der Waals surface area (Å²) in [5.74, 6) is 2.32. The smallest absolute Gasteiger partial charge is 0.253 e. The fraction of sp³-hybridized carbons (Fsp3) is 0.286. The molecule has 0 amide bonds. The van der Waals surface area contributed by atoms with Crippen LogP contribution in [0.2, 0.25) is 10.0 Å². The molecule has 3 aromatic rings. The van der Waals surface area contributed by atoms with Crippen molar-refractivity contribution in [1.82, 2.24) is 20.4 Å². The van der Waals surface area contributed by atoms with Crippen LogP contribution in [-0.4, -0.2) is 20.4 Å². The Labute approximate surface area is 146 Å². The van der Waals surface area contributed by atoms with Crippen molar-refractivity contribution in [2.45, 2.75) is 27.1 Å². The molecular formula is C14H12Cl2N4O4. The van der Waals surface area contributed by atoms with Crippen LogP contribution in [-0.2, 0) is 13.2 Å². The Hall–Kier alpha value is -2.32. The third kappa shape index (κ3) is 3.95. The number of hydrogen-bond acceptors (Lipinski definition) is 8. The number of nitrogens with zero attached hydrogens (tertiary/aromatic N) is 4. The third-order valence-electron chi connectivity index (χ3n) is 2.82. The second-order valence-electron chi connectivity index (χ2n) is 4.72. The highest BCUT2D eigenvalue weighted by Gasteiger charge is 2.13. The van der Waals surface area contributed by atoms with Gasteiger partial charge in [-0.25, -0.2) is 0 Å². The Morgan fingerprint density at radius 2 is 1.25 bits per heavy atom. The van der Waals surface area contributed by atoms with Gasteiger partial charge in [-0.2, -0.15) is 0 Å². The zero-order valence-corrected chi connectivity index (χ0v) is 14.3. The van der Waals surface area contributed by atoms with Crippen LogP contribution in [0, 0.1) is 13.8 Å². The van der Waals surface area contributed by atoms with Gasteiger partial charge < -0.3 is 18.3 Å². The lowest BCUT2D eigenvalue weighted by Crippen LogP contribution is -1.99. The zero-order valence-electron chi connectivity index (χ0n) is 12.7. The molecule has 0 N–H and O–H groups in total. The molecular weight excluding hydrogens is 359 g/mol. The first-order valence-electron chi connectivity index (χ1n) is 6.84. The summed E-state index contributed by atoms with van der Waals surface area (Å²) >= 11 is 12.2. The van der Waals surface area contributed by atoms with Crippen molar-refractivity contribution in [2.24, 2.45) is 0 Å². The van der Waals surface area contributed by atoms with Crippen LogP contribution >= 0.6 is 23.2 Å². The Bertz CT molecular complexity index is 784. The van der Waals surface area contributed by atoms with Gasteiger partial charge in [0, 0.05) is 19.9 Å². The first kappa shape index (κ1) is 16.5. The lowest BCUT2D eigenvalue weighted by molar-refractivity contribution is 0.248. The predicted molar refractivity (Wildman–Crippen MR) is 83.2 cm³/mol. The van der Waals surface area contributed by atoms with E-state index in [-0.39, 0.29) is 13.2 Å². The molecule has 0 radical (unpaired) electrons. The molecule has 0 aliphatic rings. The molecule has 24 heavy (non-hydrogen) atoms. The van der Waals surface area contributed by atoms with E-state index in [1.807, 2.05) is 0 Å². The number of hydrogen-bond donors (Lipinski definition) is 0. The highest BCUT2D eigenvalue weighted by atomic mass is 35.5. The number of benzene rings is 1. The molecule has 0 fully saturated rings. The maximum Gasteiger partial charge on any atom is 0.253 e. The summed E-state index contributed by atoms with van der Waals surface area (Å²) < 4.78 is 21.6. The molecule has 3 rings (SSSR count). The Kier molecular flexibility index (Phi) is 4.86. The Morgan fingerprint density at radius 3 is 1.62 bits per heavy atom. The van der Waals surface area contributed by atoms with Gasteiger partial charge in [0.2, 0.25) is 11.8 Å². The molecule has 2 aromatic heterocycles. The lowest BCUT2D eigenvalue weighted by atomic mass is 10.3. The molecule has 2 heterocycles. The number of ether oxygens (including phenoxy) is 2. The van der Waals surface area contributed by atoms with E-state index in [1.54, 1.807) is 19.9 Å². The Balaban J connectivity index is 1.70. The predicted octanol–water partition coefficient (Wildman–Crippen LogP) is 3.53. The molecule has 0 aliphatic heterocycles. The fourth-order valence-corrected chi connectivity index (χ4v) is 2.29. The quantitative estimate of drug-likeness (QED) is 0.649. The average Bonchev–Trinajstić information content (AvgIpc) is 3.14. The molecule has 0 atom stereocenters. The molecule has 0 spiro atoms. The summed E-state index contributed by atoms with van der Waals surface area (Å²) in [6, 6.07) is 3.09. The van der Waals surface area contributed by atoms with Gasteiger partial charge in [0.05, 0.1) is 10.0 Å². The van der Waals surface area contributed by atoms with Crippen LogP contribution in [0.4, 0.5) is 0 Å². The van der Waals surface area contributed by atoms with E-state index in [9.17, 15) is 0 Å². The molecule has 0 unspecified atom stereocenters. The van der Waals surface area contributed by atoms with Crippen molar-refractivity contribution in [3.05, 3.63) is 45.7 Å². The SMILES string of the molecule is Cc1nnc(COc2cc(OCc3nnc(C)o3)c(Cl)cc2Cl)o1. The van der Waals surface area contributed by atoms with Crippen LogP contribution < -0.4 is 9.47 Å². The largest absolute Gasteiger partial charge is 0.482 e. The van der Waals surface area contributed by atoms with E-state index in [0.717, 1.165) is 0 Å². The average molecular weight is 371 g/mol. The molecule has 1 aromatic carbocycles. The van der Waals surface area contributed by atoms with Crippen LogP contribution in [0.3, 0.4) is 0 Å². The van der Waals surface area contributed by atoms with Gasteiger partial charge in [-0.05, 0) is 6.07 Å². The normalized spacial score (nSPS) is 10.8. The maximum absolute atomic E-state index is 6.12. The molecule has 0 saturated heterocycles. The second kappa shape index (κ2) is 7.06. The van der Waals surface area contributed by atoms with E-state index in [0.29, 0.717) is 45.1 Å². The standard InChI is InChI=1S/C14H12Cl2N4O4/c1-7-17-19-13(23-7)5-21-11-4-12(10(16)3-9(11)15)22-6-14-20-18-8(2)24-14/h3-4H,5-6H2,1-2H3. The minimum absolute atomic E-state index is 0.0739. The van der Waals surface area contributed by atoms with Gasteiger partial charge in [-0.1, -0.05) is 23.2 Å². The van der Waals surface area contributed by atoms with Crippen molar-refractivity contribution < 1.29 is 18.3 Å². The van der Waals surface area contributed by atoms with Crippen LogP contribution in [0.5, 0.6) is 11.5 Å². The summed E-state index contributed by atoms with van der Waals surface area (Å²) in [5.41, 5.74) is 0. The number of aryl methyl sites for hydroxylation is 2. The minimum atomic E-state index is 0.0739. The molecule has 0 aliphatic carbocycles. The molecule has 10 heteroatoms. The summed E-state index contributed by atoms with van der Waals surface area (Å²) in [6.07, 6.45) is 0. The van der Waals surface area contributed by atoms with Gasteiger partial charge in [-0.3, -0.25) is 0 Å². The van der Waals surface area contributed by atoms with E-state index in [1.165, 1.54) is 6.07 Å². The van der Waals surface area contributed by atoms with Gasteiger partial charge >= 0.3 is 0 Å². The lowest BCUT2D eigenvalue weighted by Gasteiger charge is -2.11. The topological polar surface area (TPSA) is 96.3 Å². The first-order valence-corrected chi connectivity index (χ1v) is 7.59. The first-order chi connectivity index (χ1) is 11.5. The number of halogens is 2. The van der Waals surface area contributed by atoms with E-state index in [4.69, 9.17) is 41.5 Å². The van der Waals surface area contributed by atoms with E-state index >= 15 is 0 Å². The van der Waals surface area contributed by atoms with Crippen molar-refractivity contribution in [1.29, 1.82) is 0 Å². The van der Waals surface area contributed by atoms with Crippen LogP contribution in [0.15, 0.2) is 21.0 Å². The summed E-state index contributed by atoms with van der Waals surface area (Å²) in [7, 11) is 0. The van der Waals surface area contributed by atoms with Crippen molar-refractivity contribution >= 4 is 23.2 Å². The zero-order chi connectivity index (χ0) is 17.1. The van der Waals surface area contributed by atoms with Gasteiger partial charge in [0.15, 0.2) is 13.2 Å². The van der Waals surface area contributed by atoms with Crippen LogP contribution in [0.1, 0.15) is 23.6 Å². The minimum Gasteiger partial charge on any atom is -0.482 e. The molecule has 0 saturated carbocycles. The highest BCUT2D eigenvalue weighted by Crippen LogP contribution is 2.36. The second-order valence-corrected chi connectivity index (χ2v) is 5.53. The third-order valence-corrected chi connectivity index (χ3v) is 3.42. The van der Waals surface area contributed by atoms with Crippen molar-refractivity contribution in [2.75, 3.05) is 0 Å². The monoisotopic (exact) mass is 370 g/mol. The highest BCUT2D eigenvalue weighted by molar-refractivity contribution is 6.36. The molecule has 0 bridgehead atoms. The van der Waals surface area contributed by atoms with E-state index in [2.05, 4.69) is 20.4 Å². The van der Waals surface area contributed by atoms with Gasteiger partial charge in [0.25, 0.3) is 11.8 Å². The maximum atomic E-state index is 6.12. The van der Waals surface area contributed by atoms with E-state index < -0.39 is 0 Å². The fourth-order valence-electron chi connectivity index (χ4n) is 1.80. The van der Waals surface area contributed by atoms with Crippen molar-refractivity contribution in [3.8, 4) is 11.5 Å².